The van der Waals surface area contributed by atoms with Crippen LogP contribution in [0.4, 0.5) is 5.69 Å². The lowest BCUT2D eigenvalue weighted by atomic mass is 10.1. The van der Waals surface area contributed by atoms with Gasteiger partial charge < -0.3 is 5.32 Å². The van der Waals surface area contributed by atoms with E-state index in [4.69, 9.17) is 23.2 Å². The van der Waals surface area contributed by atoms with Crippen molar-refractivity contribution in [3.05, 3.63) is 98.3 Å². The lowest BCUT2D eigenvalue weighted by Crippen LogP contribution is -2.41. The van der Waals surface area contributed by atoms with Crippen LogP contribution in [0.2, 0.25) is 10.0 Å². The molecule has 0 saturated carbocycles. The van der Waals surface area contributed by atoms with Crippen LogP contribution in [-0.2, 0) is 0 Å². The van der Waals surface area contributed by atoms with Crippen LogP contribution in [0.15, 0.2) is 66.7 Å². The van der Waals surface area contributed by atoms with E-state index in [1.807, 2.05) is 19.1 Å². The molecule has 1 heterocycles. The Hall–Kier alpha value is -3.39. The molecule has 6 nitrogen and oxygen atoms in total. The maximum absolute atomic E-state index is 12.5. The van der Waals surface area contributed by atoms with Gasteiger partial charge in [0.25, 0.3) is 17.7 Å². The Balaban J connectivity index is 1.37. The number of rotatable bonds is 4. The third-order valence-electron chi connectivity index (χ3n) is 4.77. The van der Waals surface area contributed by atoms with Crippen molar-refractivity contribution in [3.63, 3.8) is 0 Å². The lowest BCUT2D eigenvalue weighted by Gasteiger charge is -2.09. The highest BCUT2D eigenvalue weighted by Gasteiger charge is 2.18. The monoisotopic (exact) mass is 497 g/mol. The molecule has 9 heteroatoms. The number of amides is 3. The molecular weight excluding hydrogens is 481 g/mol. The summed E-state index contributed by atoms with van der Waals surface area (Å²) in [5.74, 6) is -1.29. The number of halogens is 2. The first-order valence-corrected chi connectivity index (χ1v) is 11.4. The second-order valence-electron chi connectivity index (χ2n) is 7.19. The van der Waals surface area contributed by atoms with E-state index in [0.717, 1.165) is 10.3 Å². The summed E-state index contributed by atoms with van der Waals surface area (Å²) in [4.78, 5) is 37.5. The third-order valence-corrected chi connectivity index (χ3v) is 6.66. The molecule has 33 heavy (non-hydrogen) atoms. The minimum absolute atomic E-state index is 0.246. The maximum atomic E-state index is 12.5. The normalized spacial score (nSPS) is 10.6. The van der Waals surface area contributed by atoms with Crippen molar-refractivity contribution in [2.24, 2.45) is 0 Å². The Labute approximate surface area is 203 Å². The molecule has 0 bridgehead atoms. The molecule has 0 saturated heterocycles. The Morgan fingerprint density at radius 1 is 0.788 bits per heavy atom. The molecule has 3 N–H and O–H groups in total. The number of carbonyl (C=O) groups excluding carboxylic acids is 3. The van der Waals surface area contributed by atoms with Gasteiger partial charge in [-0.25, -0.2) is 0 Å². The van der Waals surface area contributed by atoms with Crippen LogP contribution >= 0.6 is 34.5 Å². The summed E-state index contributed by atoms with van der Waals surface area (Å²) in [5.41, 5.74) is 7.11. The number of thiophene rings is 1. The van der Waals surface area contributed by atoms with E-state index in [1.54, 1.807) is 54.6 Å². The van der Waals surface area contributed by atoms with Crippen molar-refractivity contribution >= 4 is 68.0 Å². The highest BCUT2D eigenvalue weighted by molar-refractivity contribution is 7.21. The van der Waals surface area contributed by atoms with Crippen LogP contribution in [0, 0.1) is 6.92 Å². The summed E-state index contributed by atoms with van der Waals surface area (Å²) in [6, 6.07) is 18.7. The Kier molecular flexibility index (Phi) is 6.65. The van der Waals surface area contributed by atoms with E-state index in [1.165, 1.54) is 11.3 Å². The van der Waals surface area contributed by atoms with Crippen molar-refractivity contribution in [1.29, 1.82) is 0 Å². The van der Waals surface area contributed by atoms with Crippen molar-refractivity contribution in [1.82, 2.24) is 10.9 Å². The van der Waals surface area contributed by atoms with Gasteiger partial charge in [-0.2, -0.15) is 0 Å². The van der Waals surface area contributed by atoms with Crippen LogP contribution in [0.25, 0.3) is 10.1 Å². The highest BCUT2D eigenvalue weighted by Crippen LogP contribution is 2.36. The average molecular weight is 498 g/mol. The van der Waals surface area contributed by atoms with Gasteiger partial charge in [0.1, 0.15) is 4.88 Å². The molecule has 3 aromatic carbocycles. The predicted octanol–water partition coefficient (Wildman–Crippen LogP) is 5.84. The van der Waals surface area contributed by atoms with Gasteiger partial charge in [-0.15, -0.1) is 11.3 Å². The predicted molar refractivity (Wildman–Crippen MR) is 132 cm³/mol. The van der Waals surface area contributed by atoms with E-state index in [-0.39, 0.29) is 10.8 Å². The van der Waals surface area contributed by atoms with Crippen LogP contribution in [0.3, 0.4) is 0 Å². The summed E-state index contributed by atoms with van der Waals surface area (Å²) < 4.78 is 0.771. The Bertz CT molecular complexity index is 1380. The summed E-state index contributed by atoms with van der Waals surface area (Å²) in [6.45, 7) is 1.91. The van der Waals surface area contributed by atoms with Gasteiger partial charge >= 0.3 is 0 Å². The van der Waals surface area contributed by atoms with Crippen LogP contribution < -0.4 is 16.2 Å². The van der Waals surface area contributed by atoms with E-state index in [9.17, 15) is 14.4 Å². The molecule has 3 amide bonds. The number of hydrogen-bond donors (Lipinski definition) is 3. The third kappa shape index (κ3) is 5.17. The molecule has 4 rings (SSSR count). The molecule has 166 valence electrons. The van der Waals surface area contributed by atoms with Crippen LogP contribution in [-0.4, -0.2) is 17.7 Å². The number of benzene rings is 3. The molecule has 0 radical (unpaired) electrons. The quantitative estimate of drug-likeness (QED) is 0.309. The fourth-order valence-corrected chi connectivity index (χ4v) is 4.81. The lowest BCUT2D eigenvalue weighted by molar-refractivity contribution is 0.0849. The van der Waals surface area contributed by atoms with E-state index in [2.05, 4.69) is 16.2 Å². The molecule has 0 atom stereocenters. The number of carbonyl (C=O) groups is 3. The maximum Gasteiger partial charge on any atom is 0.281 e. The van der Waals surface area contributed by atoms with Gasteiger partial charge in [-0.1, -0.05) is 47.0 Å². The summed E-state index contributed by atoms with van der Waals surface area (Å²) >= 11 is 13.5. The second-order valence-corrected chi connectivity index (χ2v) is 9.06. The minimum atomic E-state index is -0.535. The molecule has 4 aromatic rings. The zero-order valence-electron chi connectivity index (χ0n) is 17.2. The summed E-state index contributed by atoms with van der Waals surface area (Å²) in [5, 5.41) is 4.34. The van der Waals surface area contributed by atoms with Crippen LogP contribution in [0.5, 0.6) is 0 Å². The molecule has 0 spiro atoms. The first-order valence-electron chi connectivity index (χ1n) is 9.78. The Morgan fingerprint density at radius 2 is 1.52 bits per heavy atom. The van der Waals surface area contributed by atoms with Crippen molar-refractivity contribution < 1.29 is 14.4 Å². The molecule has 0 aliphatic rings. The summed E-state index contributed by atoms with van der Waals surface area (Å²) in [6.07, 6.45) is 0. The molecule has 0 fully saturated rings. The number of aryl methyl sites for hydroxylation is 1. The number of anilines is 1. The zero-order chi connectivity index (χ0) is 23.5. The van der Waals surface area contributed by atoms with Gasteiger partial charge in [0.05, 0.1) is 5.02 Å². The minimum Gasteiger partial charge on any atom is -0.322 e. The fourth-order valence-electron chi connectivity index (χ4n) is 3.12. The Morgan fingerprint density at radius 3 is 2.24 bits per heavy atom. The van der Waals surface area contributed by atoms with E-state index >= 15 is 0 Å². The largest absolute Gasteiger partial charge is 0.322 e. The first kappa shape index (κ1) is 22.8. The molecule has 0 aliphatic heterocycles. The smallest absolute Gasteiger partial charge is 0.281 e. The van der Waals surface area contributed by atoms with Gasteiger partial charge in [-0.3, -0.25) is 25.2 Å². The van der Waals surface area contributed by atoms with Gasteiger partial charge in [0, 0.05) is 31.9 Å². The number of hydrazine groups is 1. The van der Waals surface area contributed by atoms with Crippen molar-refractivity contribution in [3.8, 4) is 0 Å². The molecular formula is C24H17Cl2N3O3S. The van der Waals surface area contributed by atoms with E-state index < -0.39 is 11.8 Å². The number of fused-ring (bicyclic) bond motifs is 1. The molecule has 1 aromatic heterocycles. The topological polar surface area (TPSA) is 87.3 Å². The first-order chi connectivity index (χ1) is 15.8. The zero-order valence-corrected chi connectivity index (χ0v) is 19.6. The van der Waals surface area contributed by atoms with Gasteiger partial charge in [0.15, 0.2) is 0 Å². The number of nitrogens with one attached hydrogen (secondary N) is 3. The van der Waals surface area contributed by atoms with Crippen LogP contribution in [0.1, 0.15) is 36.0 Å². The van der Waals surface area contributed by atoms with E-state index in [0.29, 0.717) is 32.2 Å². The standard InChI is InChI=1S/C24H17Cl2N3O3S/c1-13-3-2-4-15(11-13)22(30)27-17-8-5-14(6-9-17)23(31)28-29-24(32)21-20(26)18-10-7-16(25)12-19(18)33-21/h2-12H,1H3,(H,27,30)(H,28,31)(H,29,32). The SMILES string of the molecule is Cc1cccc(C(=O)Nc2ccc(C(=O)NNC(=O)c3sc4cc(Cl)ccc4c3Cl)cc2)c1. The second kappa shape index (κ2) is 9.62. The summed E-state index contributed by atoms with van der Waals surface area (Å²) in [7, 11) is 0. The highest BCUT2D eigenvalue weighted by atomic mass is 35.5. The van der Waals surface area contributed by atoms with Crippen molar-refractivity contribution in [2.75, 3.05) is 5.32 Å². The van der Waals surface area contributed by atoms with Gasteiger partial charge in [-0.05, 0) is 55.5 Å². The van der Waals surface area contributed by atoms with Crippen molar-refractivity contribution in [2.45, 2.75) is 6.92 Å². The fraction of sp³-hybridized carbons (Fsp3) is 0.0417. The molecule has 0 aliphatic carbocycles. The van der Waals surface area contributed by atoms with Gasteiger partial charge in [0.2, 0.25) is 0 Å². The number of hydrogen-bond acceptors (Lipinski definition) is 4. The molecule has 0 unspecified atom stereocenters. The average Bonchev–Trinajstić information content (AvgIpc) is 3.13.